The summed E-state index contributed by atoms with van der Waals surface area (Å²) in [6.07, 6.45) is 2.64. The Kier molecular flexibility index (Phi) is 3.88. The standard InChI is InChI=1S/C16H25N/c1-12(2)15-5-6-16(13(3)11-15)14-7-9-17(4)10-8-14/h5-6,11-12,14H,7-10H2,1-4H3. The first-order valence-electron chi connectivity index (χ1n) is 6.87. The molecule has 0 unspecified atom stereocenters. The summed E-state index contributed by atoms with van der Waals surface area (Å²) >= 11 is 0. The van der Waals surface area contributed by atoms with Gasteiger partial charge in [0.05, 0.1) is 0 Å². The van der Waals surface area contributed by atoms with Gasteiger partial charge in [0.2, 0.25) is 0 Å². The van der Waals surface area contributed by atoms with Crippen molar-refractivity contribution in [2.45, 2.75) is 45.4 Å². The van der Waals surface area contributed by atoms with Gasteiger partial charge < -0.3 is 4.90 Å². The third-order valence-corrected chi connectivity index (χ3v) is 4.12. The van der Waals surface area contributed by atoms with Crippen LogP contribution in [0.3, 0.4) is 0 Å². The fourth-order valence-corrected chi connectivity index (χ4v) is 2.84. The molecule has 1 aromatic carbocycles. The lowest BCUT2D eigenvalue weighted by Gasteiger charge is -2.30. The smallest absolute Gasteiger partial charge is 0.00159 e. The molecule has 0 bridgehead atoms. The van der Waals surface area contributed by atoms with E-state index in [0.717, 1.165) is 5.92 Å². The molecule has 0 amide bonds. The van der Waals surface area contributed by atoms with Gasteiger partial charge in [-0.05, 0) is 68.4 Å². The largest absolute Gasteiger partial charge is 0.306 e. The summed E-state index contributed by atoms with van der Waals surface area (Å²) in [5.74, 6) is 1.42. The van der Waals surface area contributed by atoms with Crippen LogP contribution in [-0.2, 0) is 0 Å². The lowest BCUT2D eigenvalue weighted by atomic mass is 9.85. The van der Waals surface area contributed by atoms with Crippen molar-refractivity contribution >= 4 is 0 Å². The van der Waals surface area contributed by atoms with Gasteiger partial charge in [-0.3, -0.25) is 0 Å². The lowest BCUT2D eigenvalue weighted by Crippen LogP contribution is -2.29. The predicted octanol–water partition coefficient (Wildman–Crippen LogP) is 3.93. The molecule has 0 N–H and O–H groups in total. The van der Waals surface area contributed by atoms with Gasteiger partial charge in [-0.1, -0.05) is 32.0 Å². The van der Waals surface area contributed by atoms with Crippen molar-refractivity contribution in [1.82, 2.24) is 4.90 Å². The van der Waals surface area contributed by atoms with Gasteiger partial charge in [-0.2, -0.15) is 0 Å². The summed E-state index contributed by atoms with van der Waals surface area (Å²) in [7, 11) is 2.23. The summed E-state index contributed by atoms with van der Waals surface area (Å²) in [6, 6.07) is 7.09. The number of benzene rings is 1. The number of hydrogen-bond acceptors (Lipinski definition) is 1. The molecule has 0 atom stereocenters. The van der Waals surface area contributed by atoms with E-state index in [9.17, 15) is 0 Å². The van der Waals surface area contributed by atoms with Crippen LogP contribution in [-0.4, -0.2) is 25.0 Å². The molecule has 0 radical (unpaired) electrons. The van der Waals surface area contributed by atoms with Crippen molar-refractivity contribution in [3.05, 3.63) is 34.9 Å². The maximum atomic E-state index is 2.44. The Bertz CT molecular complexity index is 373. The third kappa shape index (κ3) is 2.90. The van der Waals surface area contributed by atoms with Crippen molar-refractivity contribution < 1.29 is 0 Å². The zero-order chi connectivity index (χ0) is 12.4. The Morgan fingerprint density at radius 3 is 2.35 bits per heavy atom. The van der Waals surface area contributed by atoms with E-state index in [1.54, 1.807) is 5.56 Å². The molecule has 94 valence electrons. The molecule has 17 heavy (non-hydrogen) atoms. The molecule has 2 rings (SSSR count). The van der Waals surface area contributed by atoms with Crippen molar-refractivity contribution in [2.75, 3.05) is 20.1 Å². The van der Waals surface area contributed by atoms with E-state index in [-0.39, 0.29) is 0 Å². The summed E-state index contributed by atoms with van der Waals surface area (Å²) in [6.45, 7) is 9.31. The first-order chi connectivity index (χ1) is 8.08. The fraction of sp³-hybridized carbons (Fsp3) is 0.625. The number of nitrogens with zero attached hydrogens (tertiary/aromatic N) is 1. The highest BCUT2D eigenvalue weighted by Crippen LogP contribution is 2.31. The summed E-state index contributed by atoms with van der Waals surface area (Å²) in [4.78, 5) is 2.44. The first-order valence-corrected chi connectivity index (χ1v) is 6.87. The number of likely N-dealkylation sites (tertiary alicyclic amines) is 1. The Hall–Kier alpha value is -0.820. The monoisotopic (exact) mass is 231 g/mol. The van der Waals surface area contributed by atoms with Gasteiger partial charge in [0.1, 0.15) is 0 Å². The van der Waals surface area contributed by atoms with E-state index < -0.39 is 0 Å². The van der Waals surface area contributed by atoms with Gasteiger partial charge in [0.15, 0.2) is 0 Å². The summed E-state index contributed by atoms with van der Waals surface area (Å²) < 4.78 is 0. The number of piperidine rings is 1. The normalized spacial score (nSPS) is 18.9. The van der Waals surface area contributed by atoms with E-state index in [1.807, 2.05) is 0 Å². The Morgan fingerprint density at radius 1 is 1.18 bits per heavy atom. The molecule has 1 aromatic rings. The topological polar surface area (TPSA) is 3.24 Å². The van der Waals surface area contributed by atoms with Gasteiger partial charge in [0.25, 0.3) is 0 Å². The highest BCUT2D eigenvalue weighted by Gasteiger charge is 2.19. The van der Waals surface area contributed by atoms with Gasteiger partial charge in [-0.25, -0.2) is 0 Å². The molecular formula is C16H25N. The number of aryl methyl sites for hydroxylation is 1. The summed E-state index contributed by atoms with van der Waals surface area (Å²) in [5, 5.41) is 0. The molecule has 0 saturated carbocycles. The van der Waals surface area contributed by atoms with Crippen LogP contribution in [0.1, 0.15) is 55.2 Å². The average molecular weight is 231 g/mol. The minimum absolute atomic E-state index is 0.639. The zero-order valence-electron chi connectivity index (χ0n) is 11.7. The van der Waals surface area contributed by atoms with E-state index in [2.05, 4.69) is 50.9 Å². The van der Waals surface area contributed by atoms with E-state index >= 15 is 0 Å². The highest BCUT2D eigenvalue weighted by molar-refractivity contribution is 5.35. The minimum Gasteiger partial charge on any atom is -0.306 e. The molecule has 1 heteroatoms. The van der Waals surface area contributed by atoms with E-state index in [4.69, 9.17) is 0 Å². The van der Waals surface area contributed by atoms with E-state index in [0.29, 0.717) is 5.92 Å². The van der Waals surface area contributed by atoms with Crippen LogP contribution in [0.5, 0.6) is 0 Å². The quantitative estimate of drug-likeness (QED) is 0.745. The molecule has 1 nitrogen and oxygen atoms in total. The predicted molar refractivity (Wildman–Crippen MR) is 74.7 cm³/mol. The van der Waals surface area contributed by atoms with Crippen LogP contribution >= 0.6 is 0 Å². The molecule has 1 heterocycles. The molecule has 0 aliphatic carbocycles. The first kappa shape index (κ1) is 12.6. The van der Waals surface area contributed by atoms with Crippen molar-refractivity contribution in [3.8, 4) is 0 Å². The van der Waals surface area contributed by atoms with Crippen LogP contribution in [0.25, 0.3) is 0 Å². The number of rotatable bonds is 2. The van der Waals surface area contributed by atoms with Crippen molar-refractivity contribution in [3.63, 3.8) is 0 Å². The second-order valence-electron chi connectivity index (χ2n) is 5.85. The molecule has 1 saturated heterocycles. The SMILES string of the molecule is Cc1cc(C(C)C)ccc1C1CCN(C)CC1. The average Bonchev–Trinajstić information content (AvgIpc) is 2.30. The Morgan fingerprint density at radius 2 is 1.82 bits per heavy atom. The maximum absolute atomic E-state index is 2.44. The Labute approximate surface area is 106 Å². The highest BCUT2D eigenvalue weighted by atomic mass is 15.1. The van der Waals surface area contributed by atoms with Crippen LogP contribution in [0.15, 0.2) is 18.2 Å². The maximum Gasteiger partial charge on any atom is -0.00159 e. The second kappa shape index (κ2) is 5.22. The second-order valence-corrected chi connectivity index (χ2v) is 5.85. The molecule has 1 aliphatic rings. The minimum atomic E-state index is 0.639. The third-order valence-electron chi connectivity index (χ3n) is 4.12. The van der Waals surface area contributed by atoms with E-state index in [1.165, 1.54) is 37.1 Å². The molecular weight excluding hydrogens is 206 g/mol. The van der Waals surface area contributed by atoms with Gasteiger partial charge in [0, 0.05) is 0 Å². The van der Waals surface area contributed by atoms with Crippen LogP contribution in [0.2, 0.25) is 0 Å². The molecule has 1 aliphatic heterocycles. The molecule has 0 aromatic heterocycles. The van der Waals surface area contributed by atoms with Crippen LogP contribution < -0.4 is 0 Å². The van der Waals surface area contributed by atoms with Crippen molar-refractivity contribution in [1.29, 1.82) is 0 Å². The number of hydrogen-bond donors (Lipinski definition) is 0. The zero-order valence-corrected chi connectivity index (χ0v) is 11.7. The van der Waals surface area contributed by atoms with Crippen LogP contribution in [0.4, 0.5) is 0 Å². The Balaban J connectivity index is 2.16. The van der Waals surface area contributed by atoms with Gasteiger partial charge >= 0.3 is 0 Å². The molecule has 1 fully saturated rings. The van der Waals surface area contributed by atoms with Crippen LogP contribution in [0, 0.1) is 6.92 Å². The molecule has 0 spiro atoms. The fourth-order valence-electron chi connectivity index (χ4n) is 2.84. The summed E-state index contributed by atoms with van der Waals surface area (Å²) in [5.41, 5.74) is 4.55. The van der Waals surface area contributed by atoms with Crippen molar-refractivity contribution in [2.24, 2.45) is 0 Å². The lowest BCUT2D eigenvalue weighted by molar-refractivity contribution is 0.255. The van der Waals surface area contributed by atoms with Gasteiger partial charge in [-0.15, -0.1) is 0 Å².